The molecule has 26 heavy (non-hydrogen) atoms. The second-order valence-electron chi connectivity index (χ2n) is 5.58. The summed E-state index contributed by atoms with van der Waals surface area (Å²) in [5.41, 5.74) is 0.657. The monoisotopic (exact) mass is 399 g/mol. The second-order valence-corrected chi connectivity index (χ2v) is 8.78. The maximum absolute atomic E-state index is 13.0. The average Bonchev–Trinajstić information content (AvgIpc) is 3.13. The number of carbonyl (C=O) groups excluding carboxylic acids is 1. The van der Waals surface area contributed by atoms with Crippen LogP contribution < -0.4 is 0 Å². The first-order chi connectivity index (χ1) is 12.4. The predicted octanol–water partition coefficient (Wildman–Crippen LogP) is 2.41. The van der Waals surface area contributed by atoms with Crippen molar-refractivity contribution in [3.63, 3.8) is 0 Å². The molecule has 3 rings (SSSR count). The van der Waals surface area contributed by atoms with Gasteiger partial charge >= 0.3 is 6.09 Å². The van der Waals surface area contributed by atoms with E-state index in [1.54, 1.807) is 19.1 Å². The molecule has 1 saturated heterocycles. The number of hydrogen-bond donors (Lipinski definition) is 0. The standard InChI is InChI=1S/C16H18FN3O4S2/c1-2-24-16(21)19-7-9-20(10-8-19)26(22,23)14-11-18-15(25-14)12-3-5-13(17)6-4-12/h3-6,11H,2,7-10H2,1H3. The molecule has 0 unspecified atom stereocenters. The highest BCUT2D eigenvalue weighted by molar-refractivity contribution is 7.91. The Morgan fingerprint density at radius 3 is 2.50 bits per heavy atom. The van der Waals surface area contributed by atoms with E-state index in [-0.39, 0.29) is 42.8 Å². The van der Waals surface area contributed by atoms with Gasteiger partial charge < -0.3 is 9.64 Å². The molecule has 0 N–H and O–H groups in total. The summed E-state index contributed by atoms with van der Waals surface area (Å²) < 4.78 is 45.0. The molecule has 1 aliphatic rings. The number of thiazole rings is 1. The lowest BCUT2D eigenvalue weighted by molar-refractivity contribution is 0.0934. The molecular weight excluding hydrogens is 381 g/mol. The average molecular weight is 399 g/mol. The van der Waals surface area contributed by atoms with Crippen LogP contribution in [0.5, 0.6) is 0 Å². The highest BCUT2D eigenvalue weighted by Crippen LogP contribution is 2.30. The largest absolute Gasteiger partial charge is 0.450 e. The van der Waals surface area contributed by atoms with Crippen molar-refractivity contribution in [2.75, 3.05) is 32.8 Å². The van der Waals surface area contributed by atoms with Crippen LogP contribution in [0.4, 0.5) is 9.18 Å². The Hall–Kier alpha value is -2.04. The second kappa shape index (κ2) is 7.68. The molecule has 0 radical (unpaired) electrons. The van der Waals surface area contributed by atoms with Gasteiger partial charge in [0, 0.05) is 31.7 Å². The molecule has 0 saturated carbocycles. The summed E-state index contributed by atoms with van der Waals surface area (Å²) in [6.07, 6.45) is 0.886. The van der Waals surface area contributed by atoms with Crippen LogP contribution in [-0.4, -0.2) is 61.5 Å². The molecular formula is C16H18FN3O4S2. The first-order valence-corrected chi connectivity index (χ1v) is 10.3. The van der Waals surface area contributed by atoms with E-state index in [0.29, 0.717) is 10.6 Å². The van der Waals surface area contributed by atoms with Crippen molar-refractivity contribution in [1.29, 1.82) is 0 Å². The molecule has 1 aliphatic heterocycles. The number of halogens is 1. The maximum Gasteiger partial charge on any atom is 0.409 e. The molecule has 1 fully saturated rings. The SMILES string of the molecule is CCOC(=O)N1CCN(S(=O)(=O)c2cnc(-c3ccc(F)cc3)s2)CC1. The van der Waals surface area contributed by atoms with Crippen molar-refractivity contribution in [2.45, 2.75) is 11.1 Å². The van der Waals surface area contributed by atoms with E-state index in [1.807, 2.05) is 0 Å². The summed E-state index contributed by atoms with van der Waals surface area (Å²) >= 11 is 1.04. The Labute approximate surface area is 155 Å². The number of aromatic nitrogens is 1. The van der Waals surface area contributed by atoms with Crippen LogP contribution in [-0.2, 0) is 14.8 Å². The minimum absolute atomic E-state index is 0.126. The minimum atomic E-state index is -3.68. The Kier molecular flexibility index (Phi) is 5.54. The van der Waals surface area contributed by atoms with Gasteiger partial charge in [0.1, 0.15) is 10.8 Å². The van der Waals surface area contributed by atoms with Crippen molar-refractivity contribution in [2.24, 2.45) is 0 Å². The van der Waals surface area contributed by atoms with E-state index >= 15 is 0 Å². The highest BCUT2D eigenvalue weighted by Gasteiger charge is 2.32. The van der Waals surface area contributed by atoms with Crippen LogP contribution >= 0.6 is 11.3 Å². The van der Waals surface area contributed by atoms with Gasteiger partial charge in [-0.05, 0) is 31.2 Å². The molecule has 2 aromatic rings. The summed E-state index contributed by atoms with van der Waals surface area (Å²) in [7, 11) is -3.68. The third-order valence-corrected chi connectivity index (χ3v) is 7.32. The van der Waals surface area contributed by atoms with Crippen molar-refractivity contribution >= 4 is 27.5 Å². The lowest BCUT2D eigenvalue weighted by atomic mass is 10.2. The van der Waals surface area contributed by atoms with Crippen molar-refractivity contribution < 1.29 is 22.3 Å². The maximum atomic E-state index is 13.0. The molecule has 0 spiro atoms. The lowest BCUT2D eigenvalue weighted by Gasteiger charge is -2.32. The first-order valence-electron chi connectivity index (χ1n) is 8.05. The zero-order valence-electron chi connectivity index (χ0n) is 14.1. The number of ether oxygens (including phenoxy) is 1. The van der Waals surface area contributed by atoms with Crippen molar-refractivity contribution in [3.05, 3.63) is 36.3 Å². The molecule has 0 atom stereocenters. The third kappa shape index (κ3) is 3.87. The van der Waals surface area contributed by atoms with Crippen LogP contribution in [0, 0.1) is 5.82 Å². The number of piperazine rings is 1. The van der Waals surface area contributed by atoms with Gasteiger partial charge in [0.25, 0.3) is 10.0 Å². The Morgan fingerprint density at radius 1 is 1.23 bits per heavy atom. The number of amides is 1. The Balaban J connectivity index is 1.71. The van der Waals surface area contributed by atoms with Crippen LogP contribution in [0.25, 0.3) is 10.6 Å². The molecule has 7 nitrogen and oxygen atoms in total. The Morgan fingerprint density at radius 2 is 1.88 bits per heavy atom. The van der Waals surface area contributed by atoms with Crippen molar-refractivity contribution in [1.82, 2.24) is 14.2 Å². The molecule has 2 heterocycles. The normalized spacial score (nSPS) is 15.8. The van der Waals surface area contributed by atoms with Crippen LogP contribution in [0.15, 0.2) is 34.7 Å². The number of benzene rings is 1. The zero-order valence-corrected chi connectivity index (χ0v) is 15.7. The van der Waals surface area contributed by atoms with Gasteiger partial charge in [0.2, 0.25) is 0 Å². The van der Waals surface area contributed by atoms with Crippen LogP contribution in [0.1, 0.15) is 6.92 Å². The molecule has 10 heteroatoms. The number of hydrogen-bond acceptors (Lipinski definition) is 6. The summed E-state index contributed by atoms with van der Waals surface area (Å²) in [4.78, 5) is 17.4. The number of rotatable bonds is 4. The van der Waals surface area contributed by atoms with Gasteiger partial charge in [-0.3, -0.25) is 0 Å². The van der Waals surface area contributed by atoms with E-state index in [2.05, 4.69) is 4.98 Å². The van der Waals surface area contributed by atoms with Gasteiger partial charge in [0.05, 0.1) is 12.8 Å². The van der Waals surface area contributed by atoms with Gasteiger partial charge in [-0.1, -0.05) is 0 Å². The summed E-state index contributed by atoms with van der Waals surface area (Å²) in [5.74, 6) is -0.363. The predicted molar refractivity (Wildman–Crippen MR) is 94.9 cm³/mol. The van der Waals surface area contributed by atoms with Crippen molar-refractivity contribution in [3.8, 4) is 10.6 Å². The molecule has 0 aliphatic carbocycles. The fourth-order valence-corrected chi connectivity index (χ4v) is 5.27. The van der Waals surface area contributed by atoms with Gasteiger partial charge in [-0.2, -0.15) is 4.31 Å². The molecule has 140 valence electrons. The minimum Gasteiger partial charge on any atom is -0.450 e. The lowest BCUT2D eigenvalue weighted by Crippen LogP contribution is -2.50. The van der Waals surface area contributed by atoms with Gasteiger partial charge in [-0.15, -0.1) is 11.3 Å². The van der Waals surface area contributed by atoms with E-state index in [0.717, 1.165) is 11.3 Å². The fraction of sp³-hybridized carbons (Fsp3) is 0.375. The fourth-order valence-electron chi connectivity index (χ4n) is 2.56. The van der Waals surface area contributed by atoms with E-state index in [4.69, 9.17) is 4.74 Å². The summed E-state index contributed by atoms with van der Waals surface area (Å²) in [6.45, 7) is 2.96. The van der Waals surface area contributed by atoms with E-state index < -0.39 is 16.1 Å². The topological polar surface area (TPSA) is 79.8 Å². The highest BCUT2D eigenvalue weighted by atomic mass is 32.2. The molecule has 0 bridgehead atoms. The third-order valence-electron chi connectivity index (χ3n) is 3.93. The molecule has 1 aromatic carbocycles. The quantitative estimate of drug-likeness (QED) is 0.789. The summed E-state index contributed by atoms with van der Waals surface area (Å²) in [6, 6.07) is 5.73. The van der Waals surface area contributed by atoms with E-state index in [1.165, 1.54) is 27.5 Å². The first kappa shape index (κ1) is 18.7. The van der Waals surface area contributed by atoms with E-state index in [9.17, 15) is 17.6 Å². The van der Waals surface area contributed by atoms with Gasteiger partial charge in [0.15, 0.2) is 4.21 Å². The van der Waals surface area contributed by atoms with Gasteiger partial charge in [-0.25, -0.2) is 22.6 Å². The summed E-state index contributed by atoms with van der Waals surface area (Å²) in [5, 5.41) is 0.508. The molecule has 1 aromatic heterocycles. The zero-order chi connectivity index (χ0) is 18.7. The molecule has 1 amide bonds. The number of sulfonamides is 1. The Bertz CT molecular complexity index is 875. The van der Waals surface area contributed by atoms with Crippen LogP contribution in [0.2, 0.25) is 0 Å². The smallest absolute Gasteiger partial charge is 0.409 e. The number of nitrogens with zero attached hydrogens (tertiary/aromatic N) is 3. The number of carbonyl (C=O) groups is 1. The van der Waals surface area contributed by atoms with Crippen LogP contribution in [0.3, 0.4) is 0 Å².